The van der Waals surface area contributed by atoms with Gasteiger partial charge in [0.2, 0.25) is 5.91 Å². The molecule has 0 saturated heterocycles. The van der Waals surface area contributed by atoms with Crippen LogP contribution in [-0.4, -0.2) is 15.9 Å². The van der Waals surface area contributed by atoms with E-state index in [9.17, 15) is 4.79 Å². The molecule has 0 radical (unpaired) electrons. The molecule has 21 heavy (non-hydrogen) atoms. The van der Waals surface area contributed by atoms with Crippen LogP contribution in [0.3, 0.4) is 0 Å². The summed E-state index contributed by atoms with van der Waals surface area (Å²) in [4.78, 5) is 19.8. The van der Waals surface area contributed by atoms with Crippen LogP contribution in [0.4, 0.5) is 11.5 Å². The minimum absolute atomic E-state index is 0.0926. The van der Waals surface area contributed by atoms with Gasteiger partial charge in [0.15, 0.2) is 5.82 Å². The SMILES string of the molecule is CC(C)C(=O)Nc1cnc(C#Cc2ccc(N)cc2)cn1. The highest BCUT2D eigenvalue weighted by Gasteiger charge is 2.07. The number of aromatic nitrogens is 2. The fourth-order valence-corrected chi connectivity index (χ4v) is 1.43. The van der Waals surface area contributed by atoms with Gasteiger partial charge >= 0.3 is 0 Å². The van der Waals surface area contributed by atoms with Crippen LogP contribution in [0.1, 0.15) is 25.1 Å². The summed E-state index contributed by atoms with van der Waals surface area (Å²) >= 11 is 0. The van der Waals surface area contributed by atoms with Gasteiger partial charge in [-0.3, -0.25) is 4.79 Å². The number of hydrogen-bond donors (Lipinski definition) is 2. The Hall–Kier alpha value is -2.87. The normalized spacial score (nSPS) is 9.86. The zero-order chi connectivity index (χ0) is 15.2. The number of anilines is 2. The maximum Gasteiger partial charge on any atom is 0.228 e. The van der Waals surface area contributed by atoms with Gasteiger partial charge in [0.1, 0.15) is 5.69 Å². The number of nitrogens with zero attached hydrogens (tertiary/aromatic N) is 2. The van der Waals surface area contributed by atoms with Crippen molar-refractivity contribution in [1.82, 2.24) is 9.97 Å². The van der Waals surface area contributed by atoms with Gasteiger partial charge in [-0.25, -0.2) is 9.97 Å². The smallest absolute Gasteiger partial charge is 0.228 e. The third-order valence-electron chi connectivity index (χ3n) is 2.67. The van der Waals surface area contributed by atoms with Crippen LogP contribution in [0.5, 0.6) is 0 Å². The zero-order valence-corrected chi connectivity index (χ0v) is 11.9. The van der Waals surface area contributed by atoms with E-state index in [0.717, 1.165) is 5.56 Å². The number of benzene rings is 1. The molecular weight excluding hydrogens is 264 g/mol. The van der Waals surface area contributed by atoms with E-state index in [1.807, 2.05) is 26.0 Å². The van der Waals surface area contributed by atoms with Crippen LogP contribution in [-0.2, 0) is 4.79 Å². The first-order chi connectivity index (χ1) is 10.0. The van der Waals surface area contributed by atoms with Crippen LogP contribution in [0.15, 0.2) is 36.7 Å². The van der Waals surface area contributed by atoms with Crippen LogP contribution in [0, 0.1) is 17.8 Å². The molecule has 0 aliphatic rings. The Balaban J connectivity index is 2.06. The largest absolute Gasteiger partial charge is 0.399 e. The molecule has 1 amide bonds. The second kappa shape index (κ2) is 6.53. The quantitative estimate of drug-likeness (QED) is 0.651. The van der Waals surface area contributed by atoms with Crippen molar-refractivity contribution in [1.29, 1.82) is 0 Å². The van der Waals surface area contributed by atoms with Crippen molar-refractivity contribution in [3.8, 4) is 11.8 Å². The molecule has 2 aromatic rings. The highest BCUT2D eigenvalue weighted by molar-refractivity contribution is 5.90. The second-order valence-corrected chi connectivity index (χ2v) is 4.80. The van der Waals surface area contributed by atoms with Crippen LogP contribution >= 0.6 is 0 Å². The van der Waals surface area contributed by atoms with E-state index in [1.165, 1.54) is 12.4 Å². The summed E-state index contributed by atoms with van der Waals surface area (Å²) in [6.45, 7) is 3.63. The number of nitrogen functional groups attached to an aromatic ring is 1. The number of hydrogen-bond acceptors (Lipinski definition) is 4. The first-order valence-electron chi connectivity index (χ1n) is 6.55. The molecule has 1 aromatic heterocycles. The molecule has 0 spiro atoms. The van der Waals surface area contributed by atoms with Crippen molar-refractivity contribution in [2.45, 2.75) is 13.8 Å². The molecule has 5 nitrogen and oxygen atoms in total. The summed E-state index contributed by atoms with van der Waals surface area (Å²) in [6.07, 6.45) is 3.02. The van der Waals surface area contributed by atoms with Gasteiger partial charge in [-0.2, -0.15) is 0 Å². The number of rotatable bonds is 2. The van der Waals surface area contributed by atoms with Crippen molar-refractivity contribution in [3.63, 3.8) is 0 Å². The molecule has 1 heterocycles. The highest BCUT2D eigenvalue weighted by atomic mass is 16.1. The van der Waals surface area contributed by atoms with Gasteiger partial charge in [-0.15, -0.1) is 0 Å². The third-order valence-corrected chi connectivity index (χ3v) is 2.67. The van der Waals surface area contributed by atoms with Crippen LogP contribution < -0.4 is 11.1 Å². The van der Waals surface area contributed by atoms with E-state index in [1.54, 1.807) is 12.1 Å². The van der Waals surface area contributed by atoms with E-state index in [-0.39, 0.29) is 11.8 Å². The van der Waals surface area contributed by atoms with Gasteiger partial charge in [-0.05, 0) is 30.2 Å². The van der Waals surface area contributed by atoms with Crippen molar-refractivity contribution in [2.24, 2.45) is 5.92 Å². The fourth-order valence-electron chi connectivity index (χ4n) is 1.43. The molecule has 1 aromatic carbocycles. The number of nitrogens with two attached hydrogens (primary N) is 1. The maximum absolute atomic E-state index is 11.5. The Bertz CT molecular complexity index is 679. The summed E-state index contributed by atoms with van der Waals surface area (Å²) in [6, 6.07) is 7.26. The molecule has 2 rings (SSSR count). The Morgan fingerprint density at radius 1 is 1.14 bits per heavy atom. The third kappa shape index (κ3) is 4.32. The molecule has 0 atom stereocenters. The first kappa shape index (κ1) is 14.5. The molecule has 5 heteroatoms. The van der Waals surface area contributed by atoms with Crippen LogP contribution in [0.2, 0.25) is 0 Å². The molecule has 0 fully saturated rings. The number of carbonyl (C=O) groups is 1. The standard InChI is InChI=1S/C16H16N4O/c1-11(2)16(21)20-15-10-18-14(9-19-15)8-5-12-3-6-13(17)7-4-12/h3-4,6-7,9-11H,17H2,1-2H3,(H,19,20,21). The van der Waals surface area contributed by atoms with Crippen molar-refractivity contribution < 1.29 is 4.79 Å². The Kier molecular flexibility index (Phi) is 4.52. The van der Waals surface area contributed by atoms with Crippen molar-refractivity contribution in [2.75, 3.05) is 11.1 Å². The second-order valence-electron chi connectivity index (χ2n) is 4.80. The van der Waals surface area contributed by atoms with Crippen LogP contribution in [0.25, 0.3) is 0 Å². The van der Waals surface area contributed by atoms with Crippen molar-refractivity contribution >= 4 is 17.4 Å². The molecule has 0 aliphatic heterocycles. The van der Waals surface area contributed by atoms with Gasteiger partial charge in [0.05, 0.1) is 12.4 Å². The minimum Gasteiger partial charge on any atom is -0.399 e. The molecular formula is C16H16N4O. The van der Waals surface area contributed by atoms with E-state index in [2.05, 4.69) is 27.1 Å². The first-order valence-corrected chi connectivity index (χ1v) is 6.55. The summed E-state index contributed by atoms with van der Waals surface area (Å²) in [7, 11) is 0. The molecule has 106 valence electrons. The fraction of sp³-hybridized carbons (Fsp3) is 0.188. The molecule has 0 saturated carbocycles. The lowest BCUT2D eigenvalue weighted by Crippen LogP contribution is -2.18. The molecule has 0 aliphatic carbocycles. The minimum atomic E-state index is -0.100. The number of amides is 1. The van der Waals surface area contributed by atoms with Gasteiger partial charge < -0.3 is 11.1 Å². The number of nitrogens with one attached hydrogen (secondary N) is 1. The summed E-state index contributed by atoms with van der Waals surface area (Å²) in [5, 5.41) is 2.67. The van der Waals surface area contributed by atoms with Crippen molar-refractivity contribution in [3.05, 3.63) is 47.9 Å². The highest BCUT2D eigenvalue weighted by Crippen LogP contribution is 2.05. The zero-order valence-electron chi connectivity index (χ0n) is 11.9. The number of carbonyl (C=O) groups excluding carboxylic acids is 1. The maximum atomic E-state index is 11.5. The topological polar surface area (TPSA) is 80.9 Å². The Morgan fingerprint density at radius 2 is 1.86 bits per heavy atom. The lowest BCUT2D eigenvalue weighted by atomic mass is 10.2. The molecule has 0 unspecified atom stereocenters. The summed E-state index contributed by atoms with van der Waals surface area (Å²) < 4.78 is 0. The predicted octanol–water partition coefficient (Wildman–Crippen LogP) is 2.05. The lowest BCUT2D eigenvalue weighted by Gasteiger charge is -2.05. The Morgan fingerprint density at radius 3 is 2.43 bits per heavy atom. The van der Waals surface area contributed by atoms with E-state index < -0.39 is 0 Å². The van der Waals surface area contributed by atoms with Gasteiger partial charge in [0.25, 0.3) is 0 Å². The van der Waals surface area contributed by atoms with E-state index in [0.29, 0.717) is 17.2 Å². The summed E-state index contributed by atoms with van der Waals surface area (Å²) in [5.74, 6) is 6.11. The Labute approximate surface area is 123 Å². The van der Waals surface area contributed by atoms with Gasteiger partial charge in [-0.1, -0.05) is 19.8 Å². The van der Waals surface area contributed by atoms with E-state index >= 15 is 0 Å². The molecule has 3 N–H and O–H groups in total. The average molecular weight is 280 g/mol. The van der Waals surface area contributed by atoms with E-state index in [4.69, 9.17) is 5.73 Å². The predicted molar refractivity (Wildman–Crippen MR) is 82.3 cm³/mol. The summed E-state index contributed by atoms with van der Waals surface area (Å²) in [5.41, 5.74) is 7.69. The lowest BCUT2D eigenvalue weighted by molar-refractivity contribution is -0.118. The van der Waals surface area contributed by atoms with Gasteiger partial charge in [0, 0.05) is 17.2 Å². The average Bonchev–Trinajstić information content (AvgIpc) is 2.48. The molecule has 0 bridgehead atoms. The monoisotopic (exact) mass is 280 g/mol.